The fourth-order valence-corrected chi connectivity index (χ4v) is 3.48. The van der Waals surface area contributed by atoms with Crippen LogP contribution in [0.15, 0.2) is 23.1 Å². The third-order valence-electron chi connectivity index (χ3n) is 3.51. The quantitative estimate of drug-likeness (QED) is 0.743. The first-order valence-corrected chi connectivity index (χ1v) is 8.25. The molecule has 0 unspecified atom stereocenters. The third kappa shape index (κ3) is 3.97. The van der Waals surface area contributed by atoms with Crippen LogP contribution in [0, 0.1) is 11.6 Å². The molecule has 0 bridgehead atoms. The number of sulfonamides is 1. The normalized spacial score (nSPS) is 16.7. The number of benzene rings is 1. The summed E-state index contributed by atoms with van der Waals surface area (Å²) in [5, 5.41) is 0. The maximum Gasteiger partial charge on any atom is 0.240 e. The summed E-state index contributed by atoms with van der Waals surface area (Å²) in [4.78, 5) is 1.25. The molecular formula is C13H19F2N2O2S+. The first-order chi connectivity index (χ1) is 9.49. The van der Waals surface area contributed by atoms with E-state index in [9.17, 15) is 17.2 Å². The molecule has 0 saturated carbocycles. The smallest absolute Gasteiger partial charge is 0.240 e. The summed E-state index contributed by atoms with van der Waals surface area (Å²) in [5.74, 6) is -2.21. The Morgan fingerprint density at radius 2 is 1.85 bits per heavy atom. The Balaban J connectivity index is 1.85. The summed E-state index contributed by atoms with van der Waals surface area (Å²) < 4.78 is 52.0. The van der Waals surface area contributed by atoms with Gasteiger partial charge < -0.3 is 4.90 Å². The standard InChI is InChI=1S/C13H18F2N2O2S/c14-12-5-4-11(10-13(12)15)20(18,19)16-6-3-9-17-7-1-2-8-17/h4-5,10,16H,1-3,6-9H2/p+1. The molecule has 2 rings (SSSR count). The molecule has 0 aliphatic carbocycles. The van der Waals surface area contributed by atoms with E-state index >= 15 is 0 Å². The van der Waals surface area contributed by atoms with Crippen molar-refractivity contribution in [2.24, 2.45) is 0 Å². The zero-order valence-electron chi connectivity index (χ0n) is 11.2. The van der Waals surface area contributed by atoms with E-state index in [4.69, 9.17) is 0 Å². The van der Waals surface area contributed by atoms with Gasteiger partial charge in [-0.1, -0.05) is 0 Å². The highest BCUT2D eigenvalue weighted by Crippen LogP contribution is 2.13. The van der Waals surface area contributed by atoms with Crippen molar-refractivity contribution in [3.8, 4) is 0 Å². The molecule has 1 saturated heterocycles. The summed E-state index contributed by atoms with van der Waals surface area (Å²) in [6.45, 7) is 3.54. The maximum atomic E-state index is 13.0. The maximum absolute atomic E-state index is 13.0. The zero-order valence-corrected chi connectivity index (χ0v) is 12.0. The highest BCUT2D eigenvalue weighted by molar-refractivity contribution is 7.89. The number of nitrogens with one attached hydrogen (secondary N) is 2. The Kier molecular flexibility index (Phi) is 5.06. The van der Waals surface area contributed by atoms with Gasteiger partial charge in [-0.3, -0.25) is 0 Å². The van der Waals surface area contributed by atoms with Crippen molar-refractivity contribution in [2.75, 3.05) is 26.2 Å². The van der Waals surface area contributed by atoms with Gasteiger partial charge in [0.2, 0.25) is 10.0 Å². The Hall–Kier alpha value is -1.05. The minimum atomic E-state index is -3.76. The second kappa shape index (κ2) is 6.60. The fourth-order valence-electron chi connectivity index (χ4n) is 2.40. The molecule has 2 N–H and O–H groups in total. The van der Waals surface area contributed by atoms with Gasteiger partial charge in [0.25, 0.3) is 0 Å². The summed E-state index contributed by atoms with van der Waals surface area (Å²) in [6, 6.07) is 2.58. The number of hydrogen-bond donors (Lipinski definition) is 2. The Labute approximate surface area is 117 Å². The number of halogens is 2. The van der Waals surface area contributed by atoms with Crippen LogP contribution in [0.2, 0.25) is 0 Å². The number of hydrogen-bond acceptors (Lipinski definition) is 2. The minimum Gasteiger partial charge on any atom is -0.335 e. The van der Waals surface area contributed by atoms with Gasteiger partial charge in [0, 0.05) is 25.8 Å². The van der Waals surface area contributed by atoms with Crippen LogP contribution in [0.4, 0.5) is 8.78 Å². The number of likely N-dealkylation sites (tertiary alicyclic amines) is 1. The van der Waals surface area contributed by atoms with Crippen LogP contribution < -0.4 is 9.62 Å². The topological polar surface area (TPSA) is 50.6 Å². The van der Waals surface area contributed by atoms with Crippen LogP contribution in [-0.4, -0.2) is 34.6 Å². The second-order valence-electron chi connectivity index (χ2n) is 5.03. The van der Waals surface area contributed by atoms with Gasteiger partial charge in [-0.25, -0.2) is 21.9 Å². The molecule has 112 valence electrons. The lowest BCUT2D eigenvalue weighted by Crippen LogP contribution is -3.10. The molecule has 4 nitrogen and oxygen atoms in total. The van der Waals surface area contributed by atoms with Gasteiger partial charge in [-0.2, -0.15) is 0 Å². The van der Waals surface area contributed by atoms with Gasteiger partial charge in [0.1, 0.15) is 0 Å². The molecule has 1 fully saturated rings. The molecule has 0 amide bonds. The van der Waals surface area contributed by atoms with E-state index in [2.05, 4.69) is 4.72 Å². The molecule has 7 heteroatoms. The van der Waals surface area contributed by atoms with Crippen molar-refractivity contribution in [3.05, 3.63) is 29.8 Å². The minimum absolute atomic E-state index is 0.245. The van der Waals surface area contributed by atoms with E-state index in [1.165, 1.54) is 17.7 Å². The molecule has 1 aliphatic heterocycles. The number of rotatable bonds is 6. The molecule has 20 heavy (non-hydrogen) atoms. The van der Waals surface area contributed by atoms with Gasteiger partial charge in [-0.15, -0.1) is 0 Å². The summed E-state index contributed by atoms with van der Waals surface area (Å²) in [7, 11) is -3.76. The second-order valence-corrected chi connectivity index (χ2v) is 6.80. The summed E-state index contributed by atoms with van der Waals surface area (Å²) in [6.07, 6.45) is 3.20. The van der Waals surface area contributed by atoms with Crippen LogP contribution in [0.1, 0.15) is 19.3 Å². The largest absolute Gasteiger partial charge is 0.335 e. The van der Waals surface area contributed by atoms with E-state index in [1.54, 1.807) is 0 Å². The molecule has 1 heterocycles. The highest BCUT2D eigenvalue weighted by Gasteiger charge is 2.17. The van der Waals surface area contributed by atoms with Crippen LogP contribution >= 0.6 is 0 Å². The van der Waals surface area contributed by atoms with E-state index in [-0.39, 0.29) is 4.90 Å². The number of quaternary nitrogens is 1. The molecule has 0 radical (unpaired) electrons. The predicted octanol–water partition coefficient (Wildman–Crippen LogP) is 0.312. The van der Waals surface area contributed by atoms with Crippen molar-refractivity contribution in [3.63, 3.8) is 0 Å². The van der Waals surface area contributed by atoms with Crippen molar-refractivity contribution < 1.29 is 22.1 Å². The lowest BCUT2D eigenvalue weighted by atomic mass is 10.3. The third-order valence-corrected chi connectivity index (χ3v) is 4.97. The van der Waals surface area contributed by atoms with Gasteiger partial charge in [0.15, 0.2) is 11.6 Å². The van der Waals surface area contributed by atoms with E-state index in [1.807, 2.05) is 0 Å². The van der Waals surface area contributed by atoms with E-state index in [0.29, 0.717) is 12.6 Å². The molecule has 1 aliphatic rings. The van der Waals surface area contributed by atoms with Crippen molar-refractivity contribution >= 4 is 10.0 Å². The molecule has 0 atom stereocenters. The first-order valence-electron chi connectivity index (χ1n) is 6.77. The van der Waals surface area contributed by atoms with Crippen LogP contribution in [0.3, 0.4) is 0 Å². The van der Waals surface area contributed by atoms with Gasteiger partial charge in [-0.05, 0) is 18.2 Å². The van der Waals surface area contributed by atoms with Crippen LogP contribution in [0.25, 0.3) is 0 Å². The van der Waals surface area contributed by atoms with Crippen molar-refractivity contribution in [1.82, 2.24) is 4.72 Å². The van der Waals surface area contributed by atoms with Gasteiger partial charge in [0.05, 0.1) is 24.5 Å². The van der Waals surface area contributed by atoms with Gasteiger partial charge >= 0.3 is 0 Å². The SMILES string of the molecule is O=S(=O)(NCCC[NH+]1CCCC1)c1ccc(F)c(F)c1. The van der Waals surface area contributed by atoms with E-state index < -0.39 is 21.7 Å². The monoisotopic (exact) mass is 305 g/mol. The fraction of sp³-hybridized carbons (Fsp3) is 0.538. The Morgan fingerprint density at radius 3 is 2.50 bits per heavy atom. The average Bonchev–Trinajstić information content (AvgIpc) is 2.91. The first kappa shape index (κ1) is 15.3. The molecule has 1 aromatic carbocycles. The lowest BCUT2D eigenvalue weighted by molar-refractivity contribution is -0.887. The average molecular weight is 305 g/mol. The van der Waals surface area contributed by atoms with Crippen LogP contribution in [-0.2, 0) is 10.0 Å². The van der Waals surface area contributed by atoms with Crippen LogP contribution in [0.5, 0.6) is 0 Å². The Morgan fingerprint density at radius 1 is 1.15 bits per heavy atom. The van der Waals surface area contributed by atoms with E-state index in [0.717, 1.165) is 38.2 Å². The molecular weight excluding hydrogens is 286 g/mol. The Bertz CT molecular complexity index is 557. The molecule has 0 spiro atoms. The molecule has 1 aromatic rings. The molecule has 0 aromatic heterocycles. The highest BCUT2D eigenvalue weighted by atomic mass is 32.2. The predicted molar refractivity (Wildman–Crippen MR) is 71.0 cm³/mol. The zero-order chi connectivity index (χ0) is 14.6. The lowest BCUT2D eigenvalue weighted by Gasteiger charge is -2.12. The van der Waals surface area contributed by atoms with Crippen molar-refractivity contribution in [1.29, 1.82) is 0 Å². The summed E-state index contributed by atoms with van der Waals surface area (Å²) >= 11 is 0. The van der Waals surface area contributed by atoms with Crippen molar-refractivity contribution in [2.45, 2.75) is 24.2 Å². The summed E-state index contributed by atoms with van der Waals surface area (Å²) in [5.41, 5.74) is 0.